The fourth-order valence-corrected chi connectivity index (χ4v) is 2.78. The number of aromatic nitrogens is 3. The molecule has 0 spiro atoms. The first kappa shape index (κ1) is 17.3. The summed E-state index contributed by atoms with van der Waals surface area (Å²) in [6.45, 7) is 0. The Morgan fingerprint density at radius 2 is 1.96 bits per heavy atom. The molecule has 10 heteroatoms. The number of anilines is 1. The van der Waals surface area contributed by atoms with E-state index in [1.165, 1.54) is 41.1 Å². The molecule has 25 heavy (non-hydrogen) atoms. The summed E-state index contributed by atoms with van der Waals surface area (Å²) in [5.41, 5.74) is 1.56. The second-order valence-electron chi connectivity index (χ2n) is 4.82. The highest BCUT2D eigenvalue weighted by atomic mass is 35.5. The molecule has 1 N–H and O–H groups in total. The molecule has 2 heterocycles. The van der Waals surface area contributed by atoms with Crippen LogP contribution < -0.4 is 5.32 Å². The van der Waals surface area contributed by atoms with Crippen molar-refractivity contribution in [3.8, 4) is 11.3 Å². The van der Waals surface area contributed by atoms with Gasteiger partial charge in [0.1, 0.15) is 5.69 Å². The van der Waals surface area contributed by atoms with Gasteiger partial charge in [0.25, 0.3) is 5.91 Å². The van der Waals surface area contributed by atoms with Crippen LogP contribution >= 0.6 is 22.9 Å². The number of hydrogen-bond donors (Lipinski definition) is 1. The number of nitrogens with zero attached hydrogens (tertiary/aromatic N) is 3. The van der Waals surface area contributed by atoms with Gasteiger partial charge in [-0.1, -0.05) is 17.7 Å². The van der Waals surface area contributed by atoms with E-state index >= 15 is 0 Å². The van der Waals surface area contributed by atoms with Gasteiger partial charge in [0.05, 0.1) is 21.8 Å². The summed E-state index contributed by atoms with van der Waals surface area (Å²) in [5.74, 6) is -0.236. The number of nitrogens with one attached hydrogen (secondary N) is 1. The van der Waals surface area contributed by atoms with Crippen LogP contribution in [0.5, 0.6) is 0 Å². The van der Waals surface area contributed by atoms with E-state index < -0.39 is 22.7 Å². The maximum absolute atomic E-state index is 12.7. The number of hydrogen-bond acceptors (Lipinski definition) is 5. The van der Waals surface area contributed by atoms with Gasteiger partial charge in [-0.3, -0.25) is 4.79 Å². The Labute approximate surface area is 148 Å². The van der Waals surface area contributed by atoms with Gasteiger partial charge >= 0.3 is 6.18 Å². The van der Waals surface area contributed by atoms with Crippen LogP contribution in [0.15, 0.2) is 41.2 Å². The molecule has 0 bridgehead atoms. The minimum Gasteiger partial charge on any atom is -0.304 e. The van der Waals surface area contributed by atoms with Crippen molar-refractivity contribution < 1.29 is 18.0 Å². The predicted molar refractivity (Wildman–Crippen MR) is 87.5 cm³/mol. The average Bonchev–Trinajstić information content (AvgIpc) is 3.09. The van der Waals surface area contributed by atoms with Gasteiger partial charge in [-0.15, -0.1) is 21.5 Å². The Kier molecular flexibility index (Phi) is 4.69. The normalized spacial score (nSPS) is 11.4. The Morgan fingerprint density at radius 3 is 2.52 bits per heavy atom. The maximum atomic E-state index is 12.7. The number of amides is 1. The minimum atomic E-state index is -4.52. The van der Waals surface area contributed by atoms with E-state index in [-0.39, 0.29) is 11.5 Å². The first-order valence-corrected chi connectivity index (χ1v) is 8.07. The third-order valence-electron chi connectivity index (χ3n) is 3.14. The third-order valence-corrected chi connectivity index (χ3v) is 4.04. The van der Waals surface area contributed by atoms with Crippen LogP contribution in [-0.2, 0) is 6.18 Å². The average molecular weight is 385 g/mol. The molecule has 3 rings (SSSR count). The Morgan fingerprint density at radius 1 is 1.16 bits per heavy atom. The second-order valence-corrected chi connectivity index (χ2v) is 5.95. The summed E-state index contributed by atoms with van der Waals surface area (Å²) < 4.78 is 38.2. The molecule has 3 aromatic rings. The lowest BCUT2D eigenvalue weighted by Crippen LogP contribution is -2.13. The van der Waals surface area contributed by atoms with Crippen LogP contribution in [0.1, 0.15) is 16.1 Å². The van der Waals surface area contributed by atoms with Crippen LogP contribution in [0.4, 0.5) is 19.0 Å². The van der Waals surface area contributed by atoms with Crippen LogP contribution in [-0.4, -0.2) is 21.1 Å². The van der Waals surface area contributed by atoms with Gasteiger partial charge in [-0.2, -0.15) is 13.2 Å². The summed E-state index contributed by atoms with van der Waals surface area (Å²) >= 11 is 6.97. The summed E-state index contributed by atoms with van der Waals surface area (Å²) in [5, 5.41) is 11.4. The van der Waals surface area contributed by atoms with E-state index in [9.17, 15) is 18.0 Å². The molecule has 0 unspecified atom stereocenters. The smallest absolute Gasteiger partial charge is 0.304 e. The van der Waals surface area contributed by atoms with Crippen LogP contribution in [0, 0.1) is 0 Å². The van der Waals surface area contributed by atoms with Crippen molar-refractivity contribution in [2.45, 2.75) is 6.18 Å². The maximum Gasteiger partial charge on any atom is 0.417 e. The van der Waals surface area contributed by atoms with Crippen molar-refractivity contribution >= 4 is 34.7 Å². The molecule has 0 radical (unpaired) electrons. The molecular formula is C15H8ClF3N4OS. The monoisotopic (exact) mass is 384 g/mol. The molecule has 1 amide bonds. The fourth-order valence-electron chi connectivity index (χ4n) is 1.96. The quantitative estimate of drug-likeness (QED) is 0.720. The Balaban J connectivity index is 1.78. The molecule has 1 aromatic carbocycles. The number of alkyl halides is 3. The highest BCUT2D eigenvalue weighted by Gasteiger charge is 2.33. The molecule has 5 nitrogen and oxygen atoms in total. The van der Waals surface area contributed by atoms with Gasteiger partial charge in [-0.25, -0.2) is 4.98 Å². The first-order chi connectivity index (χ1) is 11.8. The van der Waals surface area contributed by atoms with Crippen LogP contribution in [0.3, 0.4) is 0 Å². The lowest BCUT2D eigenvalue weighted by molar-refractivity contribution is -0.137. The van der Waals surface area contributed by atoms with E-state index in [1.54, 1.807) is 5.38 Å². The Hall–Kier alpha value is -2.52. The third kappa shape index (κ3) is 3.94. The van der Waals surface area contributed by atoms with Crippen molar-refractivity contribution in [2.24, 2.45) is 0 Å². The zero-order chi connectivity index (χ0) is 18.0. The van der Waals surface area contributed by atoms with E-state index in [2.05, 4.69) is 20.5 Å². The molecule has 0 saturated heterocycles. The van der Waals surface area contributed by atoms with E-state index in [4.69, 9.17) is 11.6 Å². The number of halogens is 4. The van der Waals surface area contributed by atoms with Gasteiger partial charge in [0.2, 0.25) is 0 Å². The Bertz CT molecular complexity index is 898. The van der Waals surface area contributed by atoms with Crippen molar-refractivity contribution in [1.29, 1.82) is 0 Å². The number of carbonyl (C=O) groups excluding carboxylic acids is 1. The lowest BCUT2D eigenvalue weighted by atomic mass is 10.1. The van der Waals surface area contributed by atoms with Gasteiger partial charge in [-0.05, 0) is 24.3 Å². The fraction of sp³-hybridized carbons (Fsp3) is 0.0667. The number of rotatable bonds is 3. The SMILES string of the molecule is O=C(Nc1ccc(-c2ccc(C(F)(F)F)c(Cl)c2)nn1)c1cscn1. The number of carbonyl (C=O) groups is 1. The molecule has 2 aromatic heterocycles. The van der Waals surface area contributed by atoms with Crippen molar-refractivity contribution in [3.05, 3.63) is 57.5 Å². The molecule has 0 saturated carbocycles. The summed E-state index contributed by atoms with van der Waals surface area (Å²) in [4.78, 5) is 15.7. The zero-order valence-corrected chi connectivity index (χ0v) is 13.8. The number of benzene rings is 1. The van der Waals surface area contributed by atoms with Crippen molar-refractivity contribution in [3.63, 3.8) is 0 Å². The van der Waals surface area contributed by atoms with Crippen LogP contribution in [0.25, 0.3) is 11.3 Å². The molecule has 0 atom stereocenters. The molecule has 128 valence electrons. The van der Waals surface area contributed by atoms with Gasteiger partial charge < -0.3 is 5.32 Å². The zero-order valence-electron chi connectivity index (χ0n) is 12.2. The topological polar surface area (TPSA) is 67.8 Å². The molecular weight excluding hydrogens is 377 g/mol. The van der Waals surface area contributed by atoms with E-state index in [0.717, 1.165) is 6.07 Å². The van der Waals surface area contributed by atoms with Crippen LogP contribution in [0.2, 0.25) is 5.02 Å². The summed E-state index contributed by atoms with van der Waals surface area (Å²) in [7, 11) is 0. The molecule has 0 fully saturated rings. The summed E-state index contributed by atoms with van der Waals surface area (Å²) in [6.07, 6.45) is -4.52. The molecule has 0 aliphatic heterocycles. The van der Waals surface area contributed by atoms with Gasteiger partial charge in [0, 0.05) is 10.9 Å². The second kappa shape index (κ2) is 6.77. The standard InChI is InChI=1S/C15H8ClF3N4OS/c16-10-5-8(1-2-9(10)15(17,18)19)11-3-4-13(23-22-11)21-14(24)12-6-25-7-20-12/h1-7H,(H,21,23,24). The highest BCUT2D eigenvalue weighted by molar-refractivity contribution is 7.07. The van der Waals surface area contributed by atoms with E-state index in [0.29, 0.717) is 11.3 Å². The summed E-state index contributed by atoms with van der Waals surface area (Å²) in [6, 6.07) is 6.31. The van der Waals surface area contributed by atoms with Gasteiger partial charge in [0.15, 0.2) is 5.82 Å². The highest BCUT2D eigenvalue weighted by Crippen LogP contribution is 2.36. The lowest BCUT2D eigenvalue weighted by Gasteiger charge is -2.10. The minimum absolute atomic E-state index is 0.194. The molecule has 0 aliphatic carbocycles. The number of thiazole rings is 1. The van der Waals surface area contributed by atoms with Crippen molar-refractivity contribution in [2.75, 3.05) is 5.32 Å². The largest absolute Gasteiger partial charge is 0.417 e. The molecule has 0 aliphatic rings. The first-order valence-electron chi connectivity index (χ1n) is 6.75. The predicted octanol–water partition coefficient (Wildman–Crippen LogP) is 4.52. The van der Waals surface area contributed by atoms with E-state index in [1.807, 2.05) is 0 Å². The van der Waals surface area contributed by atoms with Crippen molar-refractivity contribution in [1.82, 2.24) is 15.2 Å².